The standard InChI is InChI=1S/C17H24N2O2/c1-12(16(21)18-17(3,4)5)11-14-7-9-15(10-8-14)19(6)13(2)20/h7-11H,1-6H3,(H,18,21)/b12-11-. The summed E-state index contributed by atoms with van der Waals surface area (Å²) in [5, 5.41) is 2.92. The van der Waals surface area contributed by atoms with Crippen molar-refractivity contribution in [3.63, 3.8) is 0 Å². The van der Waals surface area contributed by atoms with Gasteiger partial charge in [0.25, 0.3) is 0 Å². The van der Waals surface area contributed by atoms with Crippen LogP contribution in [0.15, 0.2) is 29.8 Å². The lowest BCUT2D eigenvalue weighted by Crippen LogP contribution is -2.40. The van der Waals surface area contributed by atoms with Crippen LogP contribution in [-0.2, 0) is 9.59 Å². The van der Waals surface area contributed by atoms with E-state index in [9.17, 15) is 9.59 Å². The van der Waals surface area contributed by atoms with Gasteiger partial charge in [0, 0.05) is 30.8 Å². The number of anilines is 1. The second-order valence-corrected chi connectivity index (χ2v) is 6.20. The van der Waals surface area contributed by atoms with Gasteiger partial charge in [-0.15, -0.1) is 0 Å². The molecule has 1 aromatic carbocycles. The van der Waals surface area contributed by atoms with Gasteiger partial charge in [-0.2, -0.15) is 0 Å². The third-order valence-corrected chi connectivity index (χ3v) is 2.98. The van der Waals surface area contributed by atoms with Crippen molar-refractivity contribution < 1.29 is 9.59 Å². The van der Waals surface area contributed by atoms with Gasteiger partial charge in [-0.05, 0) is 51.5 Å². The number of hydrogen-bond donors (Lipinski definition) is 1. The van der Waals surface area contributed by atoms with Crippen LogP contribution in [0, 0.1) is 0 Å². The van der Waals surface area contributed by atoms with Crippen LogP contribution in [0.5, 0.6) is 0 Å². The van der Waals surface area contributed by atoms with Crippen molar-refractivity contribution in [1.29, 1.82) is 0 Å². The summed E-state index contributed by atoms with van der Waals surface area (Å²) in [6.45, 7) is 9.16. The van der Waals surface area contributed by atoms with Crippen molar-refractivity contribution in [3.05, 3.63) is 35.4 Å². The van der Waals surface area contributed by atoms with E-state index >= 15 is 0 Å². The Morgan fingerprint density at radius 2 is 1.62 bits per heavy atom. The molecule has 114 valence electrons. The van der Waals surface area contributed by atoms with Gasteiger partial charge in [0.2, 0.25) is 11.8 Å². The van der Waals surface area contributed by atoms with Gasteiger partial charge in [-0.1, -0.05) is 12.1 Å². The van der Waals surface area contributed by atoms with Crippen LogP contribution >= 0.6 is 0 Å². The normalized spacial score (nSPS) is 12.0. The Hall–Kier alpha value is -2.10. The van der Waals surface area contributed by atoms with Crippen LogP contribution in [0.3, 0.4) is 0 Å². The number of rotatable bonds is 3. The van der Waals surface area contributed by atoms with E-state index in [1.807, 2.05) is 51.1 Å². The van der Waals surface area contributed by atoms with E-state index in [0.717, 1.165) is 11.3 Å². The third-order valence-electron chi connectivity index (χ3n) is 2.98. The molecule has 0 spiro atoms. The molecule has 21 heavy (non-hydrogen) atoms. The average molecular weight is 288 g/mol. The van der Waals surface area contributed by atoms with Crippen molar-refractivity contribution in [2.75, 3.05) is 11.9 Å². The minimum Gasteiger partial charge on any atom is -0.348 e. The maximum Gasteiger partial charge on any atom is 0.247 e. The average Bonchev–Trinajstić information content (AvgIpc) is 2.36. The van der Waals surface area contributed by atoms with Crippen molar-refractivity contribution in [1.82, 2.24) is 5.32 Å². The lowest BCUT2D eigenvalue weighted by atomic mass is 10.1. The molecular formula is C17H24N2O2. The van der Waals surface area contributed by atoms with Crippen molar-refractivity contribution in [2.45, 2.75) is 40.2 Å². The van der Waals surface area contributed by atoms with Gasteiger partial charge in [0.15, 0.2) is 0 Å². The first-order valence-electron chi connectivity index (χ1n) is 6.95. The molecule has 4 nitrogen and oxygen atoms in total. The number of benzene rings is 1. The molecule has 0 atom stereocenters. The molecular weight excluding hydrogens is 264 g/mol. The minimum absolute atomic E-state index is 0.0148. The van der Waals surface area contributed by atoms with Crippen molar-refractivity contribution >= 4 is 23.6 Å². The molecule has 0 unspecified atom stereocenters. The van der Waals surface area contributed by atoms with E-state index in [1.54, 1.807) is 18.9 Å². The maximum atomic E-state index is 12.0. The van der Waals surface area contributed by atoms with Crippen LogP contribution in [0.1, 0.15) is 40.2 Å². The van der Waals surface area contributed by atoms with Crippen LogP contribution in [0.2, 0.25) is 0 Å². The van der Waals surface area contributed by atoms with Crippen molar-refractivity contribution in [2.24, 2.45) is 0 Å². The fourth-order valence-electron chi connectivity index (χ4n) is 1.73. The molecule has 0 saturated heterocycles. The molecule has 0 aliphatic heterocycles. The number of carbonyl (C=O) groups is 2. The van der Waals surface area contributed by atoms with E-state index in [0.29, 0.717) is 5.57 Å². The second-order valence-electron chi connectivity index (χ2n) is 6.20. The summed E-state index contributed by atoms with van der Waals surface area (Å²) in [4.78, 5) is 24.9. The number of nitrogens with zero attached hydrogens (tertiary/aromatic N) is 1. The third kappa shape index (κ3) is 5.42. The fourth-order valence-corrected chi connectivity index (χ4v) is 1.73. The second kappa shape index (κ2) is 6.57. The highest BCUT2D eigenvalue weighted by Gasteiger charge is 2.14. The highest BCUT2D eigenvalue weighted by Crippen LogP contribution is 2.16. The van der Waals surface area contributed by atoms with E-state index in [2.05, 4.69) is 5.32 Å². The highest BCUT2D eigenvalue weighted by atomic mass is 16.2. The van der Waals surface area contributed by atoms with Gasteiger partial charge in [-0.25, -0.2) is 0 Å². The molecule has 0 aromatic heterocycles. The zero-order chi connectivity index (χ0) is 16.2. The predicted octanol–water partition coefficient (Wildman–Crippen LogP) is 2.99. The number of hydrogen-bond acceptors (Lipinski definition) is 2. The quantitative estimate of drug-likeness (QED) is 0.869. The topological polar surface area (TPSA) is 49.4 Å². The number of carbonyl (C=O) groups excluding carboxylic acids is 2. The highest BCUT2D eigenvalue weighted by molar-refractivity contribution is 5.97. The Bertz CT molecular complexity index is 551. The SMILES string of the molecule is CC(=O)N(C)c1ccc(/C=C(/C)C(=O)NC(C)(C)C)cc1. The van der Waals surface area contributed by atoms with E-state index in [1.165, 1.54) is 6.92 Å². The zero-order valence-electron chi connectivity index (χ0n) is 13.7. The van der Waals surface area contributed by atoms with Gasteiger partial charge in [0.05, 0.1) is 0 Å². The van der Waals surface area contributed by atoms with E-state index in [4.69, 9.17) is 0 Å². The first-order chi connectivity index (χ1) is 9.60. The molecule has 0 heterocycles. The Balaban J connectivity index is 2.85. The zero-order valence-corrected chi connectivity index (χ0v) is 13.7. The van der Waals surface area contributed by atoms with E-state index in [-0.39, 0.29) is 17.4 Å². The molecule has 1 N–H and O–H groups in total. The summed E-state index contributed by atoms with van der Waals surface area (Å²) < 4.78 is 0. The maximum absolute atomic E-state index is 12.0. The summed E-state index contributed by atoms with van der Waals surface area (Å²) in [5.41, 5.74) is 2.16. The molecule has 0 radical (unpaired) electrons. The molecule has 0 bridgehead atoms. The van der Waals surface area contributed by atoms with Crippen LogP contribution in [0.4, 0.5) is 5.69 Å². The van der Waals surface area contributed by atoms with Gasteiger partial charge >= 0.3 is 0 Å². The molecule has 0 aliphatic rings. The largest absolute Gasteiger partial charge is 0.348 e. The molecule has 0 aliphatic carbocycles. The van der Waals surface area contributed by atoms with Crippen molar-refractivity contribution in [3.8, 4) is 0 Å². The molecule has 1 aromatic rings. The van der Waals surface area contributed by atoms with Crippen LogP contribution in [0.25, 0.3) is 6.08 Å². The summed E-state index contributed by atoms with van der Waals surface area (Å²) in [6, 6.07) is 7.51. The van der Waals surface area contributed by atoms with Gasteiger partial charge in [-0.3, -0.25) is 9.59 Å². The van der Waals surface area contributed by atoms with Gasteiger partial charge < -0.3 is 10.2 Å². The summed E-state index contributed by atoms with van der Waals surface area (Å²) in [7, 11) is 1.73. The molecule has 4 heteroatoms. The Kier molecular flexibility index (Phi) is 5.30. The first-order valence-corrected chi connectivity index (χ1v) is 6.95. The predicted molar refractivity (Wildman–Crippen MR) is 87.1 cm³/mol. The summed E-state index contributed by atoms with van der Waals surface area (Å²) >= 11 is 0. The molecule has 0 fully saturated rings. The van der Waals surface area contributed by atoms with Crippen LogP contribution in [-0.4, -0.2) is 24.4 Å². The van der Waals surface area contributed by atoms with Crippen LogP contribution < -0.4 is 10.2 Å². The summed E-state index contributed by atoms with van der Waals surface area (Å²) in [6.07, 6.45) is 1.83. The minimum atomic E-state index is -0.250. The Morgan fingerprint density at radius 3 is 2.05 bits per heavy atom. The molecule has 1 rings (SSSR count). The number of nitrogens with one attached hydrogen (secondary N) is 1. The Labute approximate surface area is 126 Å². The molecule has 0 saturated carbocycles. The molecule has 2 amide bonds. The number of amides is 2. The monoisotopic (exact) mass is 288 g/mol. The lowest BCUT2D eigenvalue weighted by Gasteiger charge is -2.20. The Morgan fingerprint density at radius 1 is 1.10 bits per heavy atom. The first kappa shape index (κ1) is 17.0. The lowest BCUT2D eigenvalue weighted by molar-refractivity contribution is -0.118. The van der Waals surface area contributed by atoms with Gasteiger partial charge in [0.1, 0.15) is 0 Å². The summed E-state index contributed by atoms with van der Waals surface area (Å²) in [5.74, 6) is -0.0912. The van der Waals surface area contributed by atoms with E-state index < -0.39 is 0 Å². The smallest absolute Gasteiger partial charge is 0.247 e. The fraction of sp³-hybridized carbons (Fsp3) is 0.412.